The number of rotatable bonds is 3. The third-order valence-corrected chi connectivity index (χ3v) is 2.03. The number of benzene rings is 1. The summed E-state index contributed by atoms with van der Waals surface area (Å²) in [5.41, 5.74) is 7.98. The number of hydrogen-bond donors (Lipinski definition) is 2. The van der Waals surface area contributed by atoms with Crippen molar-refractivity contribution in [2.75, 3.05) is 0 Å². The maximum atomic E-state index is 9.96. The van der Waals surface area contributed by atoms with Crippen LogP contribution in [0.15, 0.2) is 24.3 Å². The molecule has 76 valence electrons. The van der Waals surface area contributed by atoms with Crippen LogP contribution in [0.1, 0.15) is 19.8 Å². The van der Waals surface area contributed by atoms with E-state index in [0.717, 1.165) is 6.42 Å². The molecule has 0 bridgehead atoms. The van der Waals surface area contributed by atoms with Crippen molar-refractivity contribution in [1.29, 1.82) is 0 Å². The average Bonchev–Trinajstić information content (AvgIpc) is 2.75. The lowest BCUT2D eigenvalue weighted by Gasteiger charge is -2.00. The minimum absolute atomic E-state index is 0.565. The second-order valence-corrected chi connectivity index (χ2v) is 3.31. The van der Waals surface area contributed by atoms with Crippen molar-refractivity contribution in [2.45, 2.75) is 25.8 Å². The number of carboxylic acids is 1. The largest absolute Gasteiger partial charge is 0.480 e. The highest BCUT2D eigenvalue weighted by Crippen LogP contribution is 2.32. The van der Waals surface area contributed by atoms with Gasteiger partial charge < -0.3 is 10.8 Å². The first-order valence-electron chi connectivity index (χ1n) is 4.74. The maximum Gasteiger partial charge on any atom is 0.320 e. The molecule has 0 aromatic rings. The van der Waals surface area contributed by atoms with E-state index in [2.05, 4.69) is 24.3 Å². The summed E-state index contributed by atoms with van der Waals surface area (Å²) in [4.78, 5) is 9.96. The number of carboxylic acid groups (broad SMARTS) is 1. The molecule has 0 spiro atoms. The molecule has 3 N–H and O–H groups in total. The zero-order valence-electron chi connectivity index (χ0n) is 8.23. The van der Waals surface area contributed by atoms with Crippen LogP contribution in [0, 0.1) is 0 Å². The number of aliphatic carboxylic acids is 1. The van der Waals surface area contributed by atoms with Gasteiger partial charge in [-0.15, -0.1) is 0 Å². The molecule has 0 aliphatic heterocycles. The molecule has 0 saturated carbocycles. The van der Waals surface area contributed by atoms with E-state index >= 15 is 0 Å². The molecular formula is C11H15NO2. The second kappa shape index (κ2) is 4.77. The lowest BCUT2D eigenvalue weighted by molar-refractivity contribution is -0.138. The molecule has 2 rings (SSSR count). The van der Waals surface area contributed by atoms with E-state index < -0.39 is 12.0 Å². The van der Waals surface area contributed by atoms with Crippen molar-refractivity contribution in [2.24, 2.45) is 5.73 Å². The van der Waals surface area contributed by atoms with Crippen LogP contribution in [0.2, 0.25) is 0 Å². The Labute approximate surface area is 83.6 Å². The van der Waals surface area contributed by atoms with Crippen molar-refractivity contribution in [3.8, 4) is 11.1 Å². The Kier molecular flexibility index (Phi) is 3.65. The summed E-state index contributed by atoms with van der Waals surface area (Å²) in [6.07, 6.45) is 1.39. The van der Waals surface area contributed by atoms with Crippen LogP contribution in [0.4, 0.5) is 0 Å². The number of fused-ring (bicyclic) bond motifs is 1. The second-order valence-electron chi connectivity index (χ2n) is 3.31. The standard InChI is InChI=1S/C6H4.C5H11NO2/c1-2-5-4-6(5)3-1;1-2-3-4(6)5(7)8/h1-4H;4H,2-3,6H2,1H3,(H,7,8). The van der Waals surface area contributed by atoms with Crippen molar-refractivity contribution >= 4 is 5.97 Å². The lowest BCUT2D eigenvalue weighted by atomic mass is 10.2. The smallest absolute Gasteiger partial charge is 0.320 e. The first kappa shape index (κ1) is 10.7. The van der Waals surface area contributed by atoms with Crippen LogP contribution in [-0.2, 0) is 4.79 Å². The summed E-state index contributed by atoms with van der Waals surface area (Å²) in [5, 5.41) is 8.19. The van der Waals surface area contributed by atoms with Crippen LogP contribution in [0.3, 0.4) is 0 Å². The highest BCUT2D eigenvalue weighted by atomic mass is 16.4. The number of hydrogen-bond acceptors (Lipinski definition) is 2. The molecule has 14 heavy (non-hydrogen) atoms. The molecule has 1 unspecified atom stereocenters. The first-order valence-corrected chi connectivity index (χ1v) is 4.74. The van der Waals surface area contributed by atoms with Crippen molar-refractivity contribution in [3.63, 3.8) is 0 Å². The SMILES string of the molecule is CCCC(N)C(=O)O.c1cc2cc-2c1. The molecule has 0 aromatic carbocycles. The third-order valence-electron chi connectivity index (χ3n) is 2.03. The summed E-state index contributed by atoms with van der Waals surface area (Å²) < 4.78 is 0. The van der Waals surface area contributed by atoms with Crippen LogP contribution < -0.4 is 5.73 Å². The Morgan fingerprint density at radius 1 is 1.50 bits per heavy atom. The van der Waals surface area contributed by atoms with E-state index in [0.29, 0.717) is 6.42 Å². The summed E-state index contributed by atoms with van der Waals surface area (Å²) in [7, 11) is 0. The minimum atomic E-state index is -0.910. The van der Waals surface area contributed by atoms with Crippen molar-refractivity contribution < 1.29 is 9.90 Å². The van der Waals surface area contributed by atoms with Gasteiger partial charge in [0.15, 0.2) is 0 Å². The molecule has 2 aliphatic carbocycles. The van der Waals surface area contributed by atoms with Gasteiger partial charge in [-0.1, -0.05) is 31.5 Å². The van der Waals surface area contributed by atoms with E-state index in [9.17, 15) is 4.79 Å². The molecule has 3 heteroatoms. The molecule has 0 aromatic heterocycles. The minimum Gasteiger partial charge on any atom is -0.480 e. The Morgan fingerprint density at radius 3 is 2.21 bits per heavy atom. The third kappa shape index (κ3) is 3.18. The predicted octanol–water partition coefficient (Wildman–Crippen LogP) is 1.87. The quantitative estimate of drug-likeness (QED) is 0.782. The Hall–Kier alpha value is -1.35. The van der Waals surface area contributed by atoms with E-state index in [-0.39, 0.29) is 0 Å². The van der Waals surface area contributed by atoms with Gasteiger partial charge in [-0.2, -0.15) is 0 Å². The van der Waals surface area contributed by atoms with Crippen LogP contribution >= 0.6 is 0 Å². The zero-order valence-corrected chi connectivity index (χ0v) is 8.23. The van der Waals surface area contributed by atoms with E-state index in [1.807, 2.05) is 6.92 Å². The van der Waals surface area contributed by atoms with Crippen LogP contribution in [-0.4, -0.2) is 17.1 Å². The van der Waals surface area contributed by atoms with Gasteiger partial charge in [0.05, 0.1) is 0 Å². The molecule has 0 heterocycles. The fourth-order valence-corrected chi connectivity index (χ4v) is 1.11. The number of nitrogens with two attached hydrogens (primary N) is 1. The summed E-state index contributed by atoms with van der Waals surface area (Å²) in [6.45, 7) is 1.91. The Balaban J connectivity index is 0.000000143. The highest BCUT2D eigenvalue weighted by Gasteiger charge is 2.08. The highest BCUT2D eigenvalue weighted by molar-refractivity contribution is 5.80. The molecule has 0 saturated heterocycles. The summed E-state index contributed by atoms with van der Waals surface area (Å²) in [6, 6.07) is 7.81. The molecular weight excluding hydrogens is 178 g/mol. The van der Waals surface area contributed by atoms with Gasteiger partial charge in [-0.3, -0.25) is 4.79 Å². The molecule has 0 fully saturated rings. The summed E-state index contributed by atoms with van der Waals surface area (Å²) in [5.74, 6) is -0.910. The van der Waals surface area contributed by atoms with Gasteiger partial charge in [0.25, 0.3) is 0 Å². The average molecular weight is 193 g/mol. The van der Waals surface area contributed by atoms with E-state index in [1.165, 1.54) is 11.1 Å². The fourth-order valence-electron chi connectivity index (χ4n) is 1.11. The van der Waals surface area contributed by atoms with Gasteiger partial charge in [0.1, 0.15) is 6.04 Å². The van der Waals surface area contributed by atoms with Gasteiger partial charge in [-0.25, -0.2) is 0 Å². The molecule has 1 atom stereocenters. The van der Waals surface area contributed by atoms with Crippen molar-refractivity contribution in [3.05, 3.63) is 24.3 Å². The van der Waals surface area contributed by atoms with Gasteiger partial charge in [0, 0.05) is 0 Å². The predicted molar refractivity (Wildman–Crippen MR) is 56.0 cm³/mol. The van der Waals surface area contributed by atoms with Crippen molar-refractivity contribution in [1.82, 2.24) is 0 Å². The normalized spacial score (nSPS) is 12.4. The zero-order chi connectivity index (χ0) is 10.6. The number of carbonyl (C=O) groups is 1. The monoisotopic (exact) mass is 193 g/mol. The topological polar surface area (TPSA) is 63.3 Å². The fraction of sp³-hybridized carbons (Fsp3) is 0.364. The van der Waals surface area contributed by atoms with Gasteiger partial charge in [0.2, 0.25) is 0 Å². The lowest BCUT2D eigenvalue weighted by Crippen LogP contribution is -2.29. The molecule has 0 radical (unpaired) electrons. The van der Waals surface area contributed by atoms with Crippen LogP contribution in [0.5, 0.6) is 0 Å². The van der Waals surface area contributed by atoms with Crippen LogP contribution in [0.25, 0.3) is 11.1 Å². The molecule has 0 amide bonds. The summed E-state index contributed by atoms with van der Waals surface area (Å²) >= 11 is 0. The molecule has 2 aliphatic rings. The molecule has 3 nitrogen and oxygen atoms in total. The van der Waals surface area contributed by atoms with Gasteiger partial charge in [-0.05, 0) is 23.6 Å². The van der Waals surface area contributed by atoms with E-state index in [1.54, 1.807) is 0 Å². The van der Waals surface area contributed by atoms with E-state index in [4.69, 9.17) is 10.8 Å². The van der Waals surface area contributed by atoms with Gasteiger partial charge >= 0.3 is 5.97 Å². The first-order chi connectivity index (χ1) is 6.65. The Morgan fingerprint density at radius 2 is 2.07 bits per heavy atom. The Bertz CT molecular complexity index is 306. The maximum absolute atomic E-state index is 9.96.